The maximum Gasteiger partial charge on any atom is 0.231 e. The largest absolute Gasteiger partial charge is 0.354 e. The molecule has 0 aromatic carbocycles. The van der Waals surface area contributed by atoms with Gasteiger partial charge in [-0.25, -0.2) is 0 Å². The maximum absolute atomic E-state index is 5.95. The van der Waals surface area contributed by atoms with E-state index in [-0.39, 0.29) is 5.28 Å². The van der Waals surface area contributed by atoms with E-state index in [4.69, 9.17) is 11.6 Å². The molecule has 1 saturated carbocycles. The third-order valence-electron chi connectivity index (χ3n) is 3.52. The van der Waals surface area contributed by atoms with Gasteiger partial charge in [-0.2, -0.15) is 15.0 Å². The summed E-state index contributed by atoms with van der Waals surface area (Å²) in [6, 6.07) is 0. The highest BCUT2D eigenvalue weighted by Crippen LogP contribution is 2.32. The van der Waals surface area contributed by atoms with Crippen LogP contribution < -0.4 is 10.2 Å². The Hall–Kier alpha value is -1.10. The highest BCUT2D eigenvalue weighted by Gasteiger charge is 2.21. The molecule has 0 bridgehead atoms. The summed E-state index contributed by atoms with van der Waals surface area (Å²) in [7, 11) is 0. The standard InChI is InChI=1S/C12H18ClN5/c13-10-15-11(14-6-5-9-3-4-9)17-12(16-10)18-7-1-2-8-18/h9H,1-8H2,(H,14,15,16,17). The molecule has 5 nitrogen and oxygen atoms in total. The third-order valence-corrected chi connectivity index (χ3v) is 3.69. The van der Waals surface area contributed by atoms with Gasteiger partial charge in [-0.15, -0.1) is 0 Å². The van der Waals surface area contributed by atoms with E-state index in [9.17, 15) is 0 Å². The molecule has 98 valence electrons. The normalized spacial score (nSPS) is 19.3. The van der Waals surface area contributed by atoms with Crippen LogP contribution in [0.1, 0.15) is 32.1 Å². The second kappa shape index (κ2) is 5.26. The number of rotatable bonds is 5. The van der Waals surface area contributed by atoms with Crippen molar-refractivity contribution in [2.45, 2.75) is 32.1 Å². The first-order valence-corrected chi connectivity index (χ1v) is 7.09. The molecule has 3 rings (SSSR count). The fraction of sp³-hybridized carbons (Fsp3) is 0.750. The van der Waals surface area contributed by atoms with Gasteiger partial charge in [0, 0.05) is 19.6 Å². The van der Waals surface area contributed by atoms with Crippen molar-refractivity contribution in [3.8, 4) is 0 Å². The Kier molecular flexibility index (Phi) is 3.50. The topological polar surface area (TPSA) is 53.9 Å². The zero-order chi connectivity index (χ0) is 12.4. The minimum Gasteiger partial charge on any atom is -0.354 e. The lowest BCUT2D eigenvalue weighted by molar-refractivity contribution is 0.753. The second-order valence-electron chi connectivity index (χ2n) is 5.08. The summed E-state index contributed by atoms with van der Waals surface area (Å²) in [6.07, 6.45) is 6.35. The zero-order valence-corrected chi connectivity index (χ0v) is 11.2. The highest BCUT2D eigenvalue weighted by atomic mass is 35.5. The Morgan fingerprint density at radius 2 is 1.94 bits per heavy atom. The van der Waals surface area contributed by atoms with Crippen LogP contribution in [0.4, 0.5) is 11.9 Å². The highest BCUT2D eigenvalue weighted by molar-refractivity contribution is 6.28. The number of aromatic nitrogens is 3. The number of nitrogens with one attached hydrogen (secondary N) is 1. The van der Waals surface area contributed by atoms with Crippen LogP contribution in [0.3, 0.4) is 0 Å². The van der Waals surface area contributed by atoms with Crippen LogP contribution >= 0.6 is 11.6 Å². The summed E-state index contributed by atoms with van der Waals surface area (Å²) in [5, 5.41) is 3.53. The number of nitrogens with zero attached hydrogens (tertiary/aromatic N) is 4. The SMILES string of the molecule is Clc1nc(NCCC2CC2)nc(N2CCCC2)n1. The molecule has 1 aliphatic heterocycles. The van der Waals surface area contributed by atoms with E-state index in [1.807, 2.05) is 0 Å². The minimum absolute atomic E-state index is 0.279. The van der Waals surface area contributed by atoms with E-state index in [1.165, 1.54) is 32.1 Å². The van der Waals surface area contributed by atoms with Crippen LogP contribution in [0.5, 0.6) is 0 Å². The first-order valence-electron chi connectivity index (χ1n) is 6.71. The van der Waals surface area contributed by atoms with E-state index in [1.54, 1.807) is 0 Å². The van der Waals surface area contributed by atoms with Gasteiger partial charge >= 0.3 is 0 Å². The van der Waals surface area contributed by atoms with E-state index in [0.29, 0.717) is 11.9 Å². The zero-order valence-electron chi connectivity index (χ0n) is 10.4. The number of anilines is 2. The van der Waals surface area contributed by atoms with Crippen molar-refractivity contribution in [2.24, 2.45) is 5.92 Å². The molecule has 1 N–H and O–H groups in total. The van der Waals surface area contributed by atoms with E-state index in [2.05, 4.69) is 25.2 Å². The first kappa shape index (κ1) is 12.0. The number of halogens is 1. The van der Waals surface area contributed by atoms with Gasteiger partial charge in [0.25, 0.3) is 0 Å². The molecule has 1 saturated heterocycles. The van der Waals surface area contributed by atoms with Gasteiger partial charge in [0.1, 0.15) is 0 Å². The summed E-state index contributed by atoms with van der Waals surface area (Å²) in [5.74, 6) is 2.23. The molecule has 0 spiro atoms. The molecule has 1 aromatic heterocycles. The monoisotopic (exact) mass is 267 g/mol. The average molecular weight is 268 g/mol. The predicted molar refractivity (Wildman–Crippen MR) is 72.1 cm³/mol. The van der Waals surface area contributed by atoms with Crippen molar-refractivity contribution in [2.75, 3.05) is 29.9 Å². The Bertz CT molecular complexity index is 415. The van der Waals surface area contributed by atoms with Crippen LogP contribution in [0.2, 0.25) is 5.28 Å². The second-order valence-corrected chi connectivity index (χ2v) is 5.42. The fourth-order valence-electron chi connectivity index (χ4n) is 2.27. The van der Waals surface area contributed by atoms with Gasteiger partial charge in [-0.1, -0.05) is 12.8 Å². The lowest BCUT2D eigenvalue weighted by Crippen LogP contribution is -2.21. The van der Waals surface area contributed by atoms with Crippen molar-refractivity contribution < 1.29 is 0 Å². The summed E-state index contributed by atoms with van der Waals surface area (Å²) >= 11 is 5.95. The van der Waals surface area contributed by atoms with Crippen molar-refractivity contribution >= 4 is 23.5 Å². The predicted octanol–water partition coefficient (Wildman–Crippen LogP) is 2.34. The van der Waals surface area contributed by atoms with E-state index in [0.717, 1.165) is 25.6 Å². The molecular weight excluding hydrogens is 250 g/mol. The van der Waals surface area contributed by atoms with Crippen molar-refractivity contribution in [1.29, 1.82) is 0 Å². The van der Waals surface area contributed by atoms with Crippen LogP contribution in [0.25, 0.3) is 0 Å². The fourth-order valence-corrected chi connectivity index (χ4v) is 2.43. The smallest absolute Gasteiger partial charge is 0.231 e. The molecule has 0 atom stereocenters. The molecule has 0 radical (unpaired) electrons. The quantitative estimate of drug-likeness (QED) is 0.887. The molecule has 1 aromatic rings. The molecule has 1 aliphatic carbocycles. The molecule has 2 heterocycles. The van der Waals surface area contributed by atoms with Crippen molar-refractivity contribution in [1.82, 2.24) is 15.0 Å². The summed E-state index contributed by atoms with van der Waals surface area (Å²) in [6.45, 7) is 2.95. The number of hydrogen-bond acceptors (Lipinski definition) is 5. The van der Waals surface area contributed by atoms with Crippen LogP contribution in [-0.2, 0) is 0 Å². The van der Waals surface area contributed by atoms with Gasteiger partial charge in [0.2, 0.25) is 17.2 Å². The number of hydrogen-bond donors (Lipinski definition) is 1. The molecule has 0 amide bonds. The van der Waals surface area contributed by atoms with Crippen molar-refractivity contribution in [3.63, 3.8) is 0 Å². The molecule has 2 aliphatic rings. The van der Waals surface area contributed by atoms with Crippen LogP contribution in [0.15, 0.2) is 0 Å². The van der Waals surface area contributed by atoms with Gasteiger partial charge in [0.05, 0.1) is 0 Å². The Morgan fingerprint density at radius 3 is 2.67 bits per heavy atom. The van der Waals surface area contributed by atoms with Gasteiger partial charge < -0.3 is 10.2 Å². The Balaban J connectivity index is 1.64. The Morgan fingerprint density at radius 1 is 1.17 bits per heavy atom. The lowest BCUT2D eigenvalue weighted by Gasteiger charge is -2.15. The molecular formula is C12H18ClN5. The van der Waals surface area contributed by atoms with Gasteiger partial charge in [-0.3, -0.25) is 0 Å². The first-order chi connectivity index (χ1) is 8.81. The average Bonchev–Trinajstić information content (AvgIpc) is 3.01. The molecule has 2 fully saturated rings. The molecule has 0 unspecified atom stereocenters. The van der Waals surface area contributed by atoms with Crippen LogP contribution in [0, 0.1) is 5.92 Å². The maximum atomic E-state index is 5.95. The van der Waals surface area contributed by atoms with E-state index < -0.39 is 0 Å². The van der Waals surface area contributed by atoms with E-state index >= 15 is 0 Å². The van der Waals surface area contributed by atoms with Crippen LogP contribution in [-0.4, -0.2) is 34.6 Å². The molecule has 6 heteroatoms. The van der Waals surface area contributed by atoms with Crippen molar-refractivity contribution in [3.05, 3.63) is 5.28 Å². The Labute approximate surface area is 112 Å². The summed E-state index contributed by atoms with van der Waals surface area (Å²) in [4.78, 5) is 14.9. The summed E-state index contributed by atoms with van der Waals surface area (Å²) in [5.41, 5.74) is 0. The molecule has 18 heavy (non-hydrogen) atoms. The van der Waals surface area contributed by atoms with Gasteiger partial charge in [0.15, 0.2) is 0 Å². The summed E-state index contributed by atoms with van der Waals surface area (Å²) < 4.78 is 0. The minimum atomic E-state index is 0.279. The third kappa shape index (κ3) is 3.02. The van der Waals surface area contributed by atoms with Gasteiger partial charge in [-0.05, 0) is 36.8 Å². The lowest BCUT2D eigenvalue weighted by atomic mass is 10.3.